The van der Waals surface area contributed by atoms with E-state index in [9.17, 15) is 0 Å². The van der Waals surface area contributed by atoms with Gasteiger partial charge < -0.3 is 4.42 Å². The fraction of sp³-hybridized carbons (Fsp3) is 0.333. The molecule has 1 aromatic carbocycles. The predicted molar refractivity (Wildman–Crippen MR) is 91.3 cm³/mol. The van der Waals surface area contributed by atoms with Crippen LogP contribution in [0.5, 0.6) is 0 Å². The SMILES string of the molecule is Ic1c(-c2ccccc2)oc2c1CC(I)CCC2. The molecule has 0 saturated carbocycles. The lowest BCUT2D eigenvalue weighted by atomic mass is 10.1. The molecule has 1 atom stereocenters. The zero-order chi connectivity index (χ0) is 12.5. The molecule has 2 aromatic rings. The van der Waals surface area contributed by atoms with Crippen LogP contribution in [0.3, 0.4) is 0 Å². The largest absolute Gasteiger partial charge is 0.460 e. The van der Waals surface area contributed by atoms with Crippen LogP contribution in [0.15, 0.2) is 34.7 Å². The Kier molecular flexibility index (Phi) is 3.98. The molecule has 94 valence electrons. The molecule has 1 aliphatic carbocycles. The fourth-order valence-corrected chi connectivity index (χ4v) is 4.30. The Labute approximate surface area is 135 Å². The third-order valence-corrected chi connectivity index (χ3v) is 5.61. The summed E-state index contributed by atoms with van der Waals surface area (Å²) in [4.78, 5) is 0. The van der Waals surface area contributed by atoms with Gasteiger partial charge in [0, 0.05) is 21.5 Å². The van der Waals surface area contributed by atoms with Crippen molar-refractivity contribution in [2.24, 2.45) is 0 Å². The molecule has 0 N–H and O–H groups in total. The third kappa shape index (κ3) is 2.48. The molecule has 3 heteroatoms. The zero-order valence-corrected chi connectivity index (χ0v) is 14.3. The van der Waals surface area contributed by atoms with Crippen LogP contribution in [0, 0.1) is 3.57 Å². The highest BCUT2D eigenvalue weighted by Crippen LogP contribution is 2.37. The second kappa shape index (κ2) is 5.53. The molecule has 18 heavy (non-hydrogen) atoms. The van der Waals surface area contributed by atoms with Gasteiger partial charge in [-0.05, 0) is 41.9 Å². The molecule has 0 bridgehead atoms. The molecule has 0 radical (unpaired) electrons. The summed E-state index contributed by atoms with van der Waals surface area (Å²) in [6.07, 6.45) is 4.81. The van der Waals surface area contributed by atoms with Crippen LogP contribution in [-0.2, 0) is 12.8 Å². The number of fused-ring (bicyclic) bond motifs is 1. The summed E-state index contributed by atoms with van der Waals surface area (Å²) in [6, 6.07) is 10.4. The summed E-state index contributed by atoms with van der Waals surface area (Å²) in [5.41, 5.74) is 2.64. The number of hydrogen-bond acceptors (Lipinski definition) is 1. The summed E-state index contributed by atoms with van der Waals surface area (Å²) in [5, 5.41) is 0. The summed E-state index contributed by atoms with van der Waals surface area (Å²) < 4.78 is 8.21. The quantitative estimate of drug-likeness (QED) is 0.320. The molecule has 1 aromatic heterocycles. The highest BCUT2D eigenvalue weighted by Gasteiger charge is 2.23. The molecule has 3 rings (SSSR count). The van der Waals surface area contributed by atoms with Gasteiger partial charge in [-0.3, -0.25) is 0 Å². The molecule has 0 saturated heterocycles. The first-order chi connectivity index (χ1) is 8.75. The van der Waals surface area contributed by atoms with Crippen molar-refractivity contribution in [1.29, 1.82) is 0 Å². The van der Waals surface area contributed by atoms with Crippen molar-refractivity contribution in [3.8, 4) is 11.3 Å². The van der Waals surface area contributed by atoms with Gasteiger partial charge in [-0.15, -0.1) is 0 Å². The first-order valence-electron chi connectivity index (χ1n) is 6.25. The van der Waals surface area contributed by atoms with Crippen LogP contribution < -0.4 is 0 Å². The van der Waals surface area contributed by atoms with E-state index in [1.165, 1.54) is 33.3 Å². The van der Waals surface area contributed by atoms with E-state index in [0.29, 0.717) is 0 Å². The van der Waals surface area contributed by atoms with Gasteiger partial charge in [0.1, 0.15) is 11.5 Å². The lowest BCUT2D eigenvalue weighted by Crippen LogP contribution is -2.00. The minimum atomic E-state index is 0.749. The number of halogens is 2. The van der Waals surface area contributed by atoms with Crippen molar-refractivity contribution in [3.05, 3.63) is 45.2 Å². The molecule has 1 aliphatic rings. The predicted octanol–water partition coefficient (Wildman–Crippen LogP) is 5.23. The lowest BCUT2D eigenvalue weighted by molar-refractivity contribution is 0.513. The topological polar surface area (TPSA) is 13.1 Å². The standard InChI is InChI=1S/C15H14I2O/c16-11-7-4-8-13-12(9-11)14(17)15(18-13)10-5-2-1-3-6-10/h1-3,5-6,11H,4,7-9H2. The second-order valence-electron chi connectivity index (χ2n) is 4.71. The van der Waals surface area contributed by atoms with Crippen LogP contribution in [-0.4, -0.2) is 3.92 Å². The van der Waals surface area contributed by atoms with Gasteiger partial charge >= 0.3 is 0 Å². The molecular weight excluding hydrogens is 450 g/mol. The lowest BCUT2D eigenvalue weighted by Gasteiger charge is -2.04. The van der Waals surface area contributed by atoms with E-state index in [0.717, 1.165) is 22.5 Å². The monoisotopic (exact) mass is 464 g/mol. The van der Waals surface area contributed by atoms with Gasteiger partial charge in [0.2, 0.25) is 0 Å². The first-order valence-corrected chi connectivity index (χ1v) is 8.57. The Bertz CT molecular complexity index is 545. The maximum Gasteiger partial charge on any atom is 0.147 e. The van der Waals surface area contributed by atoms with Crippen LogP contribution in [0.25, 0.3) is 11.3 Å². The van der Waals surface area contributed by atoms with E-state index in [-0.39, 0.29) is 0 Å². The first kappa shape index (κ1) is 13.0. The van der Waals surface area contributed by atoms with E-state index < -0.39 is 0 Å². The van der Waals surface area contributed by atoms with Gasteiger partial charge in [0.05, 0.1) is 3.57 Å². The Morgan fingerprint density at radius 2 is 1.94 bits per heavy atom. The molecule has 1 nitrogen and oxygen atoms in total. The van der Waals surface area contributed by atoms with Gasteiger partial charge in [-0.2, -0.15) is 0 Å². The van der Waals surface area contributed by atoms with E-state index in [1.807, 2.05) is 6.07 Å². The molecule has 0 amide bonds. The molecule has 0 fully saturated rings. The molecule has 0 spiro atoms. The minimum Gasteiger partial charge on any atom is -0.460 e. The highest BCUT2D eigenvalue weighted by atomic mass is 127. The van der Waals surface area contributed by atoms with Gasteiger partial charge in [0.25, 0.3) is 0 Å². The fourth-order valence-electron chi connectivity index (χ4n) is 2.48. The van der Waals surface area contributed by atoms with Crippen LogP contribution in [0.1, 0.15) is 24.2 Å². The van der Waals surface area contributed by atoms with E-state index in [2.05, 4.69) is 69.4 Å². The number of aryl methyl sites for hydroxylation is 1. The average molecular weight is 464 g/mol. The highest BCUT2D eigenvalue weighted by molar-refractivity contribution is 14.1. The second-order valence-corrected chi connectivity index (χ2v) is 7.55. The van der Waals surface area contributed by atoms with E-state index in [1.54, 1.807) is 0 Å². The number of alkyl halides is 1. The summed E-state index contributed by atoms with van der Waals surface area (Å²) in [6.45, 7) is 0. The maximum atomic E-state index is 6.14. The van der Waals surface area contributed by atoms with Crippen LogP contribution >= 0.6 is 45.2 Å². The van der Waals surface area contributed by atoms with Crippen molar-refractivity contribution >= 4 is 45.2 Å². The average Bonchev–Trinajstić information content (AvgIpc) is 2.58. The third-order valence-electron chi connectivity index (χ3n) is 3.41. The molecule has 1 unspecified atom stereocenters. The molecule has 0 aliphatic heterocycles. The van der Waals surface area contributed by atoms with E-state index in [4.69, 9.17) is 4.42 Å². The van der Waals surface area contributed by atoms with Crippen LogP contribution in [0.2, 0.25) is 0 Å². The van der Waals surface area contributed by atoms with Crippen LogP contribution in [0.4, 0.5) is 0 Å². The van der Waals surface area contributed by atoms with E-state index >= 15 is 0 Å². The molecule has 1 heterocycles. The number of hydrogen-bond donors (Lipinski definition) is 0. The normalized spacial score (nSPS) is 19.3. The summed E-state index contributed by atoms with van der Waals surface area (Å²) >= 11 is 5.03. The van der Waals surface area contributed by atoms with Crippen molar-refractivity contribution in [2.75, 3.05) is 0 Å². The van der Waals surface area contributed by atoms with Gasteiger partial charge in [-0.25, -0.2) is 0 Å². The van der Waals surface area contributed by atoms with Crippen molar-refractivity contribution in [1.82, 2.24) is 0 Å². The van der Waals surface area contributed by atoms with Gasteiger partial charge in [0.15, 0.2) is 0 Å². The van der Waals surface area contributed by atoms with Crippen molar-refractivity contribution in [2.45, 2.75) is 29.6 Å². The Balaban J connectivity index is 2.06. The van der Waals surface area contributed by atoms with Gasteiger partial charge in [-0.1, -0.05) is 52.9 Å². The zero-order valence-electron chi connectivity index (χ0n) is 9.96. The smallest absolute Gasteiger partial charge is 0.147 e. The Hall–Kier alpha value is -0.0400. The number of furan rings is 1. The minimum absolute atomic E-state index is 0.749. The Morgan fingerprint density at radius 3 is 2.72 bits per heavy atom. The van der Waals surface area contributed by atoms with Crippen molar-refractivity contribution < 1.29 is 4.42 Å². The maximum absolute atomic E-state index is 6.14. The summed E-state index contributed by atoms with van der Waals surface area (Å²) in [5.74, 6) is 2.28. The number of rotatable bonds is 1. The van der Waals surface area contributed by atoms with Crippen molar-refractivity contribution in [3.63, 3.8) is 0 Å². The number of benzene rings is 1. The summed E-state index contributed by atoms with van der Waals surface area (Å²) in [7, 11) is 0. The Morgan fingerprint density at radius 1 is 1.17 bits per heavy atom. The molecular formula is C15H14I2O.